The fourth-order valence-electron chi connectivity index (χ4n) is 3.32. The summed E-state index contributed by atoms with van der Waals surface area (Å²) in [6, 6.07) is 0. The van der Waals surface area contributed by atoms with E-state index in [-0.39, 0.29) is 18.0 Å². The zero-order valence-corrected chi connectivity index (χ0v) is 9.02. The molecule has 12 heavy (non-hydrogen) atoms. The van der Waals surface area contributed by atoms with E-state index < -0.39 is 0 Å². The molecule has 6 atom stereocenters. The van der Waals surface area contributed by atoms with Crippen molar-refractivity contribution in [1.82, 2.24) is 0 Å². The van der Waals surface area contributed by atoms with Gasteiger partial charge in [-0.2, -0.15) is 0 Å². The maximum absolute atomic E-state index is 11.4. The Hall–Kier alpha value is 0.200. The minimum atomic E-state index is 0.0826. The van der Waals surface area contributed by atoms with Crippen molar-refractivity contribution < 1.29 is 9.53 Å². The van der Waals surface area contributed by atoms with Crippen LogP contribution in [0.1, 0.15) is 13.3 Å². The van der Waals surface area contributed by atoms with Gasteiger partial charge >= 0.3 is 5.97 Å². The number of esters is 1. The molecular weight excluding hydrogens is 267 g/mol. The fourth-order valence-corrected chi connectivity index (χ4v) is 4.95. The monoisotopic (exact) mass is 278 g/mol. The molecule has 0 aromatic rings. The van der Waals surface area contributed by atoms with Gasteiger partial charge in [-0.15, -0.1) is 0 Å². The zero-order valence-electron chi connectivity index (χ0n) is 6.87. The SMILES string of the molecule is C[C@@H]1[C@@H]2C[C@H]3[C@H](OC(=O)[C@@H]13)[C@H]2I. The van der Waals surface area contributed by atoms with Crippen LogP contribution >= 0.6 is 22.6 Å². The molecule has 2 aliphatic carbocycles. The van der Waals surface area contributed by atoms with Crippen molar-refractivity contribution in [3.63, 3.8) is 0 Å². The highest BCUT2D eigenvalue weighted by atomic mass is 127. The molecule has 1 heterocycles. The van der Waals surface area contributed by atoms with Crippen LogP contribution in [0.25, 0.3) is 0 Å². The molecule has 0 N–H and O–H groups in total. The molecule has 2 nitrogen and oxygen atoms in total. The highest BCUT2D eigenvalue weighted by Gasteiger charge is 2.64. The number of rotatable bonds is 0. The Morgan fingerprint density at radius 3 is 2.92 bits per heavy atom. The minimum Gasteiger partial charge on any atom is -0.461 e. The third-order valence-corrected chi connectivity index (χ3v) is 5.55. The second kappa shape index (κ2) is 2.16. The lowest BCUT2D eigenvalue weighted by Crippen LogP contribution is -2.32. The summed E-state index contributed by atoms with van der Waals surface area (Å²) < 4.78 is 5.96. The lowest BCUT2D eigenvalue weighted by molar-refractivity contribution is -0.143. The molecule has 0 aromatic heterocycles. The Kier molecular flexibility index (Phi) is 1.37. The van der Waals surface area contributed by atoms with Crippen LogP contribution in [0.3, 0.4) is 0 Å². The molecule has 3 heteroatoms. The molecule has 3 fully saturated rings. The minimum absolute atomic E-state index is 0.0826. The van der Waals surface area contributed by atoms with E-state index in [1.54, 1.807) is 0 Å². The first kappa shape index (κ1) is 7.59. The Bertz CT molecular complexity index is 253. The summed E-state index contributed by atoms with van der Waals surface area (Å²) in [4.78, 5) is 11.4. The number of halogens is 1. The smallest absolute Gasteiger partial charge is 0.309 e. The molecule has 1 aliphatic heterocycles. The van der Waals surface area contributed by atoms with Crippen molar-refractivity contribution in [2.45, 2.75) is 23.4 Å². The standard InChI is InChI=1S/C9H11IO2/c1-3-4-2-5-6(3)9(11)12-8(5)7(4)10/h3-8H,2H2,1H3/t3-,4+,5-,6+,7+,8+/m1/s1. The average molecular weight is 278 g/mol. The number of fused-ring (bicyclic) bond motifs is 1. The van der Waals surface area contributed by atoms with Gasteiger partial charge in [-0.3, -0.25) is 4.79 Å². The van der Waals surface area contributed by atoms with E-state index in [2.05, 4.69) is 29.5 Å². The van der Waals surface area contributed by atoms with Crippen molar-refractivity contribution in [1.29, 1.82) is 0 Å². The third kappa shape index (κ3) is 0.659. The second-order valence-electron chi connectivity index (χ2n) is 4.29. The predicted molar refractivity (Wildman–Crippen MR) is 51.9 cm³/mol. The lowest BCUT2D eigenvalue weighted by atomic mass is 9.81. The number of hydrogen-bond donors (Lipinski definition) is 0. The molecule has 2 saturated carbocycles. The van der Waals surface area contributed by atoms with Crippen molar-refractivity contribution in [3.8, 4) is 0 Å². The van der Waals surface area contributed by atoms with Gasteiger partial charge in [0.25, 0.3) is 0 Å². The van der Waals surface area contributed by atoms with E-state index in [0.29, 0.717) is 15.8 Å². The van der Waals surface area contributed by atoms with Crippen LogP contribution in [0.2, 0.25) is 0 Å². The molecule has 3 rings (SSSR count). The van der Waals surface area contributed by atoms with Gasteiger partial charge in [-0.05, 0) is 18.3 Å². The van der Waals surface area contributed by atoms with Crippen LogP contribution in [0.15, 0.2) is 0 Å². The molecular formula is C9H11IO2. The van der Waals surface area contributed by atoms with Crippen molar-refractivity contribution in [2.24, 2.45) is 23.7 Å². The Morgan fingerprint density at radius 2 is 2.25 bits per heavy atom. The van der Waals surface area contributed by atoms with E-state index in [1.165, 1.54) is 6.42 Å². The van der Waals surface area contributed by atoms with E-state index in [9.17, 15) is 4.79 Å². The Labute approximate surface area is 85.2 Å². The normalized spacial score (nSPS) is 61.0. The van der Waals surface area contributed by atoms with Crippen molar-refractivity contribution in [3.05, 3.63) is 0 Å². The van der Waals surface area contributed by atoms with Crippen molar-refractivity contribution >= 4 is 28.6 Å². The summed E-state index contributed by atoms with van der Waals surface area (Å²) in [7, 11) is 0. The highest BCUT2D eigenvalue weighted by molar-refractivity contribution is 14.1. The van der Waals surface area contributed by atoms with Gasteiger partial charge in [-0.1, -0.05) is 29.5 Å². The van der Waals surface area contributed by atoms with Crippen LogP contribution in [0.4, 0.5) is 0 Å². The van der Waals surface area contributed by atoms with Crippen LogP contribution in [0, 0.1) is 23.7 Å². The Morgan fingerprint density at radius 1 is 1.50 bits per heavy atom. The summed E-state index contributed by atoms with van der Waals surface area (Å²) >= 11 is 2.46. The number of hydrogen-bond acceptors (Lipinski definition) is 2. The summed E-state index contributed by atoms with van der Waals surface area (Å²) in [5.41, 5.74) is 0. The summed E-state index contributed by atoms with van der Waals surface area (Å²) in [5.74, 6) is 2.23. The van der Waals surface area contributed by atoms with Gasteiger partial charge in [0.05, 0.1) is 9.84 Å². The number of carbonyl (C=O) groups is 1. The first-order valence-electron chi connectivity index (χ1n) is 4.54. The molecule has 1 saturated heterocycles. The van der Waals surface area contributed by atoms with Crippen LogP contribution in [-0.4, -0.2) is 16.0 Å². The molecule has 3 aliphatic rings. The number of alkyl halides is 1. The molecule has 0 amide bonds. The van der Waals surface area contributed by atoms with Crippen LogP contribution in [-0.2, 0) is 9.53 Å². The maximum atomic E-state index is 11.4. The van der Waals surface area contributed by atoms with Gasteiger partial charge in [0.2, 0.25) is 0 Å². The number of ether oxygens (including phenoxy) is 1. The highest BCUT2D eigenvalue weighted by Crippen LogP contribution is 2.59. The molecule has 0 radical (unpaired) electrons. The lowest BCUT2D eigenvalue weighted by Gasteiger charge is -2.25. The van der Waals surface area contributed by atoms with E-state index in [1.807, 2.05) is 0 Å². The first-order chi connectivity index (χ1) is 5.70. The topological polar surface area (TPSA) is 26.3 Å². The quantitative estimate of drug-likeness (QED) is 0.382. The largest absolute Gasteiger partial charge is 0.461 e. The van der Waals surface area contributed by atoms with Gasteiger partial charge < -0.3 is 4.74 Å². The van der Waals surface area contributed by atoms with Crippen LogP contribution < -0.4 is 0 Å². The zero-order chi connectivity index (χ0) is 8.46. The van der Waals surface area contributed by atoms with Gasteiger partial charge in [0.15, 0.2) is 0 Å². The average Bonchev–Trinajstić information content (AvgIpc) is 2.56. The van der Waals surface area contributed by atoms with Gasteiger partial charge in [0.1, 0.15) is 6.10 Å². The predicted octanol–water partition coefficient (Wildman–Crippen LogP) is 1.62. The molecule has 66 valence electrons. The van der Waals surface area contributed by atoms with E-state index in [4.69, 9.17) is 4.74 Å². The summed E-state index contributed by atoms with van der Waals surface area (Å²) in [5, 5.41) is 0. The van der Waals surface area contributed by atoms with Crippen LogP contribution in [0.5, 0.6) is 0 Å². The maximum Gasteiger partial charge on any atom is 0.309 e. The first-order valence-corrected chi connectivity index (χ1v) is 5.79. The van der Waals surface area contributed by atoms with Gasteiger partial charge in [0, 0.05) is 5.92 Å². The van der Waals surface area contributed by atoms with E-state index in [0.717, 1.165) is 5.92 Å². The third-order valence-electron chi connectivity index (χ3n) is 3.92. The molecule has 0 unspecified atom stereocenters. The number of carbonyl (C=O) groups excluding carboxylic acids is 1. The Balaban J connectivity index is 2.06. The molecule has 0 aromatic carbocycles. The van der Waals surface area contributed by atoms with E-state index >= 15 is 0 Å². The second-order valence-corrected chi connectivity index (χ2v) is 5.73. The molecule has 0 spiro atoms. The van der Waals surface area contributed by atoms with Gasteiger partial charge in [-0.25, -0.2) is 0 Å². The fraction of sp³-hybridized carbons (Fsp3) is 0.889. The summed E-state index contributed by atoms with van der Waals surface area (Å²) in [6.45, 7) is 2.21. The molecule has 2 bridgehead atoms. The van der Waals surface area contributed by atoms with Crippen molar-refractivity contribution in [2.75, 3.05) is 0 Å². The summed E-state index contributed by atoms with van der Waals surface area (Å²) in [6.07, 6.45) is 1.50.